The van der Waals surface area contributed by atoms with Crippen molar-refractivity contribution < 1.29 is 15.8 Å². The van der Waals surface area contributed by atoms with Crippen molar-refractivity contribution in [2.24, 2.45) is 0 Å². The summed E-state index contributed by atoms with van der Waals surface area (Å²) >= 11 is 0. The lowest BCUT2D eigenvalue weighted by molar-refractivity contribution is -0.109. The van der Waals surface area contributed by atoms with Crippen LogP contribution in [0.2, 0.25) is 0 Å². The minimum absolute atomic E-state index is 0.217. The van der Waals surface area contributed by atoms with Crippen molar-refractivity contribution in [2.75, 3.05) is 13.1 Å². The Kier molecular flexibility index (Phi) is 3.17. The highest BCUT2D eigenvalue weighted by Gasteiger charge is 2.27. The Bertz CT molecular complexity index is 508. The Labute approximate surface area is 105 Å². The summed E-state index contributed by atoms with van der Waals surface area (Å²) in [5.41, 5.74) is 0.331. The fraction of sp³-hybridized carbons (Fsp3) is 0.250. The molecule has 18 heavy (non-hydrogen) atoms. The van der Waals surface area contributed by atoms with E-state index in [0.717, 1.165) is 4.90 Å². The zero-order valence-electron chi connectivity index (χ0n) is 10.6. The first-order valence-electron chi connectivity index (χ1n) is 5.96. The second-order valence-corrected chi connectivity index (χ2v) is 3.71. The predicted molar refractivity (Wildman–Crippen MR) is 63.9 cm³/mol. The number of carbonyl (C=O) groups excluding carboxylic acids is 3. The van der Waals surface area contributed by atoms with Gasteiger partial charge >= 0.3 is 12.1 Å². The van der Waals surface area contributed by atoms with Crippen LogP contribution in [0.4, 0.5) is 9.59 Å². The lowest BCUT2D eigenvalue weighted by Gasteiger charge is -2.17. The molecule has 1 aromatic rings. The number of rotatable bonds is 3. The summed E-state index contributed by atoms with van der Waals surface area (Å²) in [6.07, 6.45) is 0.328. The summed E-state index contributed by atoms with van der Waals surface area (Å²) in [7, 11) is 0. The molecule has 0 bridgehead atoms. The molecule has 6 nitrogen and oxygen atoms in total. The van der Waals surface area contributed by atoms with Gasteiger partial charge in [0.1, 0.15) is 12.3 Å². The molecule has 4 amide bonds. The number of amides is 4. The van der Waals surface area contributed by atoms with Crippen LogP contribution in [-0.4, -0.2) is 36.3 Å². The van der Waals surface area contributed by atoms with Crippen molar-refractivity contribution >= 4 is 18.3 Å². The molecule has 1 aliphatic rings. The number of imide groups is 1. The minimum Gasteiger partial charge on any atom is -0.336 e. The molecular weight excluding hydrogens is 234 g/mol. The average Bonchev–Trinajstić information content (AvgIpc) is 2.86. The van der Waals surface area contributed by atoms with Crippen molar-refractivity contribution in [3.8, 4) is 0 Å². The van der Waals surface area contributed by atoms with E-state index < -0.39 is 18.1 Å². The number of aldehydes is 1. The summed E-state index contributed by atoms with van der Waals surface area (Å²) in [5, 5.41) is 4.73. The van der Waals surface area contributed by atoms with Gasteiger partial charge in [-0.2, -0.15) is 0 Å². The van der Waals surface area contributed by atoms with Crippen molar-refractivity contribution in [2.45, 2.75) is 6.02 Å². The van der Waals surface area contributed by atoms with Crippen molar-refractivity contribution in [1.82, 2.24) is 15.5 Å². The van der Waals surface area contributed by atoms with Crippen LogP contribution in [0.25, 0.3) is 0 Å². The highest BCUT2D eigenvalue weighted by molar-refractivity contribution is 5.95. The smallest absolute Gasteiger partial charge is 0.326 e. The molecule has 1 saturated heterocycles. The summed E-state index contributed by atoms with van der Waals surface area (Å²) in [6.45, 7) is 0.581. The van der Waals surface area contributed by atoms with E-state index in [1.165, 1.54) is 0 Å². The van der Waals surface area contributed by atoms with E-state index >= 15 is 0 Å². The van der Waals surface area contributed by atoms with Gasteiger partial charge in [0, 0.05) is 13.1 Å². The van der Waals surface area contributed by atoms with Gasteiger partial charge in [-0.3, -0.25) is 0 Å². The zero-order valence-corrected chi connectivity index (χ0v) is 9.55. The third kappa shape index (κ3) is 2.48. The Morgan fingerprint density at radius 3 is 2.78 bits per heavy atom. The van der Waals surface area contributed by atoms with Crippen LogP contribution in [0.3, 0.4) is 0 Å². The van der Waals surface area contributed by atoms with Gasteiger partial charge in [0.05, 0.1) is 1.37 Å². The molecule has 1 atom stereocenters. The minimum atomic E-state index is -1.90. The molecule has 2 N–H and O–H groups in total. The van der Waals surface area contributed by atoms with Crippen molar-refractivity contribution in [1.29, 1.82) is 0 Å². The lowest BCUT2D eigenvalue weighted by Crippen LogP contribution is -2.43. The van der Waals surface area contributed by atoms with Crippen molar-refractivity contribution in [3.05, 3.63) is 35.9 Å². The third-order valence-electron chi connectivity index (χ3n) is 2.55. The van der Waals surface area contributed by atoms with Gasteiger partial charge in [0.2, 0.25) is 0 Å². The van der Waals surface area contributed by atoms with Crippen LogP contribution in [-0.2, 0) is 4.79 Å². The SMILES string of the molecule is [2H]C(C=O)(NC(=O)N1CCNC1=O)c1ccccc1. The Morgan fingerprint density at radius 2 is 2.22 bits per heavy atom. The maximum Gasteiger partial charge on any atom is 0.326 e. The number of hydrogen-bond donors (Lipinski definition) is 2. The van der Waals surface area contributed by atoms with Gasteiger partial charge in [-0.1, -0.05) is 30.3 Å². The topological polar surface area (TPSA) is 78.5 Å². The van der Waals surface area contributed by atoms with E-state index in [1.54, 1.807) is 30.3 Å². The van der Waals surface area contributed by atoms with E-state index in [9.17, 15) is 14.4 Å². The largest absolute Gasteiger partial charge is 0.336 e. The predicted octanol–water partition coefficient (Wildman–Crippen LogP) is 0.661. The highest BCUT2D eigenvalue weighted by atomic mass is 16.2. The van der Waals surface area contributed by atoms with E-state index in [1.807, 2.05) is 0 Å². The van der Waals surface area contributed by atoms with Crippen LogP contribution in [0.5, 0.6) is 0 Å². The van der Waals surface area contributed by atoms with Gasteiger partial charge < -0.3 is 15.4 Å². The Hall–Kier alpha value is -2.37. The van der Waals surface area contributed by atoms with Gasteiger partial charge in [-0.25, -0.2) is 14.5 Å². The molecule has 2 rings (SSSR count). The van der Waals surface area contributed by atoms with E-state index in [4.69, 9.17) is 1.37 Å². The molecule has 1 heterocycles. The van der Waals surface area contributed by atoms with Crippen LogP contribution in [0.15, 0.2) is 30.3 Å². The molecular formula is C12H13N3O3. The molecule has 6 heteroatoms. The third-order valence-corrected chi connectivity index (χ3v) is 2.55. The molecule has 0 spiro atoms. The average molecular weight is 248 g/mol. The van der Waals surface area contributed by atoms with Crippen LogP contribution >= 0.6 is 0 Å². The quantitative estimate of drug-likeness (QED) is 0.771. The normalized spacial score (nSPS) is 18.6. The van der Waals surface area contributed by atoms with E-state index in [0.29, 0.717) is 18.4 Å². The maximum atomic E-state index is 11.9. The monoisotopic (exact) mass is 248 g/mol. The number of benzene rings is 1. The summed E-state index contributed by atoms with van der Waals surface area (Å²) < 4.78 is 8.01. The maximum absolute atomic E-state index is 11.9. The van der Waals surface area contributed by atoms with E-state index in [-0.39, 0.29) is 6.54 Å². The molecule has 0 saturated carbocycles. The second-order valence-electron chi connectivity index (χ2n) is 3.71. The molecule has 1 fully saturated rings. The standard InChI is InChI=1S/C12H13N3O3/c16-8-10(9-4-2-1-3-5-9)14-12(18)15-7-6-13-11(15)17/h1-5,8,10H,6-7H2,(H,13,17)(H,14,18)/i10D. The number of carbonyl (C=O) groups is 3. The Morgan fingerprint density at radius 1 is 1.50 bits per heavy atom. The van der Waals surface area contributed by atoms with Gasteiger partial charge in [0.25, 0.3) is 0 Å². The lowest BCUT2D eigenvalue weighted by atomic mass is 10.1. The van der Waals surface area contributed by atoms with E-state index in [2.05, 4.69) is 10.6 Å². The molecule has 0 aromatic heterocycles. The van der Waals surface area contributed by atoms with Crippen LogP contribution in [0, 0.1) is 0 Å². The number of urea groups is 2. The molecule has 1 aromatic carbocycles. The first-order chi connectivity index (χ1) is 9.07. The number of hydrogen-bond acceptors (Lipinski definition) is 3. The highest BCUT2D eigenvalue weighted by Crippen LogP contribution is 2.10. The molecule has 1 unspecified atom stereocenters. The fourth-order valence-corrected chi connectivity index (χ4v) is 1.64. The Balaban J connectivity index is 2.17. The van der Waals surface area contributed by atoms with Crippen LogP contribution in [0.1, 0.15) is 13.0 Å². The molecule has 1 aliphatic heterocycles. The van der Waals surface area contributed by atoms with Gasteiger partial charge in [0.15, 0.2) is 0 Å². The summed E-state index contributed by atoms with van der Waals surface area (Å²) in [5.74, 6) is 0. The fourth-order valence-electron chi connectivity index (χ4n) is 1.64. The first-order valence-corrected chi connectivity index (χ1v) is 5.46. The molecule has 0 radical (unpaired) electrons. The van der Waals surface area contributed by atoms with Gasteiger partial charge in [-0.15, -0.1) is 0 Å². The van der Waals surface area contributed by atoms with Gasteiger partial charge in [-0.05, 0) is 5.56 Å². The first kappa shape index (κ1) is 10.8. The summed E-state index contributed by atoms with van der Waals surface area (Å²) in [4.78, 5) is 35.3. The summed E-state index contributed by atoms with van der Waals surface area (Å²) in [6, 6.07) is 5.00. The molecule has 94 valence electrons. The number of nitrogens with one attached hydrogen (secondary N) is 2. The molecule has 0 aliphatic carbocycles. The second kappa shape index (κ2) is 5.31. The van der Waals surface area contributed by atoms with Crippen LogP contribution < -0.4 is 10.6 Å². The zero-order chi connectivity index (χ0) is 13.9. The van der Waals surface area contributed by atoms with Crippen molar-refractivity contribution in [3.63, 3.8) is 0 Å². The number of nitrogens with zero attached hydrogens (tertiary/aromatic N) is 1.